The van der Waals surface area contributed by atoms with Crippen molar-refractivity contribution in [2.45, 2.75) is 19.9 Å². The molecule has 1 atom stereocenters. The largest absolute Gasteiger partial charge is 0.395 e. The molecule has 0 aliphatic rings. The summed E-state index contributed by atoms with van der Waals surface area (Å²) < 4.78 is 0. The van der Waals surface area contributed by atoms with Gasteiger partial charge < -0.3 is 10.4 Å². The zero-order chi connectivity index (χ0) is 14.8. The van der Waals surface area contributed by atoms with E-state index in [1.807, 2.05) is 12.1 Å². The second-order valence-electron chi connectivity index (χ2n) is 5.49. The second-order valence-corrected chi connectivity index (χ2v) is 5.49. The van der Waals surface area contributed by atoms with Crippen LogP contribution in [-0.4, -0.2) is 42.8 Å². The van der Waals surface area contributed by atoms with Crippen molar-refractivity contribution in [1.82, 2.24) is 10.2 Å². The number of aliphatic hydroxyl groups excluding tert-OH is 1. The summed E-state index contributed by atoms with van der Waals surface area (Å²) in [6.45, 7) is 11.7. The predicted octanol–water partition coefficient (Wildman–Crippen LogP) is 2.45. The minimum Gasteiger partial charge on any atom is -0.395 e. The lowest BCUT2D eigenvalue weighted by atomic mass is 10.0. The molecular formula is C17H28N2O. The molecule has 0 saturated carbocycles. The van der Waals surface area contributed by atoms with E-state index in [1.165, 1.54) is 5.56 Å². The van der Waals surface area contributed by atoms with Crippen molar-refractivity contribution < 1.29 is 5.11 Å². The first-order valence-corrected chi connectivity index (χ1v) is 7.40. The smallest absolute Gasteiger partial charge is 0.0558 e. The van der Waals surface area contributed by atoms with Crippen LogP contribution in [0.5, 0.6) is 0 Å². The van der Waals surface area contributed by atoms with Crippen molar-refractivity contribution >= 4 is 0 Å². The maximum absolute atomic E-state index is 9.28. The second kappa shape index (κ2) is 9.70. The van der Waals surface area contributed by atoms with E-state index in [0.717, 1.165) is 19.6 Å². The van der Waals surface area contributed by atoms with Crippen LogP contribution >= 0.6 is 0 Å². The molecule has 3 heteroatoms. The quantitative estimate of drug-likeness (QED) is 0.644. The zero-order valence-electron chi connectivity index (χ0n) is 12.8. The summed E-state index contributed by atoms with van der Waals surface area (Å²) in [6, 6.07) is 10.7. The van der Waals surface area contributed by atoms with E-state index < -0.39 is 0 Å². The molecule has 0 fully saturated rings. The predicted molar refractivity (Wildman–Crippen MR) is 85.7 cm³/mol. The van der Waals surface area contributed by atoms with Gasteiger partial charge in [-0.2, -0.15) is 0 Å². The number of benzene rings is 1. The van der Waals surface area contributed by atoms with Gasteiger partial charge in [-0.05, 0) is 18.0 Å². The molecule has 0 heterocycles. The van der Waals surface area contributed by atoms with Crippen molar-refractivity contribution in [3.8, 4) is 0 Å². The van der Waals surface area contributed by atoms with Crippen molar-refractivity contribution in [2.75, 3.05) is 32.8 Å². The molecule has 112 valence electrons. The minimum atomic E-state index is 0.168. The fourth-order valence-electron chi connectivity index (χ4n) is 2.31. The lowest BCUT2D eigenvalue weighted by Crippen LogP contribution is -2.38. The van der Waals surface area contributed by atoms with Gasteiger partial charge >= 0.3 is 0 Å². The SMILES string of the molecule is C=CCN(CCO)C(CNCC(C)C)c1ccccc1. The molecule has 0 aliphatic carbocycles. The average Bonchev–Trinajstić information content (AvgIpc) is 2.44. The fraction of sp³-hybridized carbons (Fsp3) is 0.529. The van der Waals surface area contributed by atoms with Gasteiger partial charge in [0.25, 0.3) is 0 Å². The van der Waals surface area contributed by atoms with Crippen LogP contribution < -0.4 is 5.32 Å². The summed E-state index contributed by atoms with van der Waals surface area (Å²) in [5, 5.41) is 12.8. The first-order chi connectivity index (χ1) is 9.69. The molecule has 0 aliphatic heterocycles. The van der Waals surface area contributed by atoms with Crippen LogP contribution in [-0.2, 0) is 0 Å². The van der Waals surface area contributed by atoms with Crippen molar-refractivity contribution in [3.63, 3.8) is 0 Å². The Morgan fingerprint density at radius 2 is 1.95 bits per heavy atom. The van der Waals surface area contributed by atoms with E-state index >= 15 is 0 Å². The first-order valence-electron chi connectivity index (χ1n) is 7.40. The molecular weight excluding hydrogens is 248 g/mol. The number of nitrogens with one attached hydrogen (secondary N) is 1. The Morgan fingerprint density at radius 3 is 2.50 bits per heavy atom. The Morgan fingerprint density at radius 1 is 1.25 bits per heavy atom. The maximum Gasteiger partial charge on any atom is 0.0558 e. The Hall–Kier alpha value is -1.16. The van der Waals surface area contributed by atoms with Gasteiger partial charge in [-0.1, -0.05) is 50.3 Å². The Bertz CT molecular complexity index is 365. The number of hydrogen-bond donors (Lipinski definition) is 2. The molecule has 2 N–H and O–H groups in total. The monoisotopic (exact) mass is 276 g/mol. The summed E-state index contributed by atoms with van der Waals surface area (Å²) in [4.78, 5) is 2.26. The molecule has 0 saturated heterocycles. The molecule has 1 aromatic carbocycles. The molecule has 0 bridgehead atoms. The van der Waals surface area contributed by atoms with E-state index in [0.29, 0.717) is 12.5 Å². The van der Waals surface area contributed by atoms with Crippen LogP contribution in [0.15, 0.2) is 43.0 Å². The van der Waals surface area contributed by atoms with Crippen molar-refractivity contribution in [2.24, 2.45) is 5.92 Å². The third-order valence-electron chi connectivity index (χ3n) is 3.27. The van der Waals surface area contributed by atoms with E-state index in [1.54, 1.807) is 0 Å². The van der Waals surface area contributed by atoms with Crippen LogP contribution in [0.3, 0.4) is 0 Å². The fourth-order valence-corrected chi connectivity index (χ4v) is 2.31. The highest BCUT2D eigenvalue weighted by atomic mass is 16.3. The van der Waals surface area contributed by atoms with Crippen LogP contribution in [0.4, 0.5) is 0 Å². The highest BCUT2D eigenvalue weighted by Crippen LogP contribution is 2.19. The van der Waals surface area contributed by atoms with E-state index in [-0.39, 0.29) is 12.6 Å². The third-order valence-corrected chi connectivity index (χ3v) is 3.27. The summed E-state index contributed by atoms with van der Waals surface area (Å²) in [6.07, 6.45) is 1.90. The molecule has 0 spiro atoms. The van der Waals surface area contributed by atoms with Crippen LogP contribution in [0.25, 0.3) is 0 Å². The van der Waals surface area contributed by atoms with Crippen LogP contribution in [0.2, 0.25) is 0 Å². The maximum atomic E-state index is 9.28. The van der Waals surface area contributed by atoms with Gasteiger partial charge in [0.1, 0.15) is 0 Å². The normalized spacial score (nSPS) is 12.8. The topological polar surface area (TPSA) is 35.5 Å². The van der Waals surface area contributed by atoms with Gasteiger partial charge in [0.2, 0.25) is 0 Å². The van der Waals surface area contributed by atoms with E-state index in [4.69, 9.17) is 0 Å². The minimum absolute atomic E-state index is 0.168. The Labute approximate surface area is 123 Å². The van der Waals surface area contributed by atoms with E-state index in [9.17, 15) is 5.11 Å². The molecule has 20 heavy (non-hydrogen) atoms. The molecule has 1 unspecified atom stereocenters. The Balaban J connectivity index is 2.78. The summed E-state index contributed by atoms with van der Waals surface area (Å²) in [5.74, 6) is 0.636. The summed E-state index contributed by atoms with van der Waals surface area (Å²) in [7, 11) is 0. The van der Waals surface area contributed by atoms with Gasteiger partial charge in [0.05, 0.1) is 6.61 Å². The van der Waals surface area contributed by atoms with Crippen molar-refractivity contribution in [3.05, 3.63) is 48.6 Å². The van der Waals surface area contributed by atoms with Gasteiger partial charge in [0, 0.05) is 25.7 Å². The van der Waals surface area contributed by atoms with Gasteiger partial charge in [0.15, 0.2) is 0 Å². The number of hydrogen-bond acceptors (Lipinski definition) is 3. The molecule has 0 radical (unpaired) electrons. The average molecular weight is 276 g/mol. The molecule has 1 aromatic rings. The zero-order valence-corrected chi connectivity index (χ0v) is 12.8. The lowest BCUT2D eigenvalue weighted by molar-refractivity contribution is 0.161. The van der Waals surface area contributed by atoms with Crippen molar-refractivity contribution in [1.29, 1.82) is 0 Å². The highest BCUT2D eigenvalue weighted by molar-refractivity contribution is 5.19. The number of aliphatic hydroxyl groups is 1. The molecule has 0 aromatic heterocycles. The first kappa shape index (κ1) is 16.9. The van der Waals surface area contributed by atoms with Gasteiger partial charge in [-0.15, -0.1) is 6.58 Å². The lowest BCUT2D eigenvalue weighted by Gasteiger charge is -2.31. The summed E-state index contributed by atoms with van der Waals surface area (Å²) >= 11 is 0. The van der Waals surface area contributed by atoms with Crippen LogP contribution in [0, 0.1) is 5.92 Å². The number of nitrogens with zero attached hydrogens (tertiary/aromatic N) is 1. The Kier molecular flexibility index (Phi) is 8.19. The summed E-state index contributed by atoms with van der Waals surface area (Å²) in [5.41, 5.74) is 1.28. The van der Waals surface area contributed by atoms with Gasteiger partial charge in [-0.3, -0.25) is 4.90 Å². The standard InChI is InChI=1S/C17H28N2O/c1-4-10-19(11-12-20)17(14-18-13-15(2)3)16-8-6-5-7-9-16/h4-9,15,17-18,20H,1,10-14H2,2-3H3. The van der Waals surface area contributed by atoms with E-state index in [2.05, 4.69) is 54.9 Å². The van der Waals surface area contributed by atoms with Crippen LogP contribution in [0.1, 0.15) is 25.5 Å². The molecule has 0 amide bonds. The molecule has 1 rings (SSSR count). The molecule has 3 nitrogen and oxygen atoms in total. The number of rotatable bonds is 10. The highest BCUT2D eigenvalue weighted by Gasteiger charge is 2.18. The third kappa shape index (κ3) is 5.87. The van der Waals surface area contributed by atoms with Gasteiger partial charge in [-0.25, -0.2) is 0 Å².